The standard InChI is InChI=1S/C17H19Br2N/c1-11(2)14-6-4-13(5-7-14)10-20-17-15(18)8-12(3)9-16(17)19/h4-9,11,20H,10H2,1-3H3. The lowest BCUT2D eigenvalue weighted by atomic mass is 10.0. The van der Waals surface area contributed by atoms with E-state index in [-0.39, 0.29) is 0 Å². The monoisotopic (exact) mass is 395 g/mol. The van der Waals surface area contributed by atoms with Crippen LogP contribution in [0, 0.1) is 6.92 Å². The molecule has 20 heavy (non-hydrogen) atoms. The van der Waals surface area contributed by atoms with Crippen molar-refractivity contribution in [1.82, 2.24) is 0 Å². The highest BCUT2D eigenvalue weighted by molar-refractivity contribution is 9.11. The average molecular weight is 397 g/mol. The minimum absolute atomic E-state index is 0.581. The molecule has 0 aliphatic carbocycles. The molecule has 0 saturated heterocycles. The Morgan fingerprint density at radius 3 is 2.05 bits per heavy atom. The van der Waals surface area contributed by atoms with Crippen LogP contribution in [0.15, 0.2) is 45.3 Å². The van der Waals surface area contributed by atoms with Crippen molar-refractivity contribution in [3.05, 3.63) is 62.0 Å². The Hall–Kier alpha value is -0.800. The van der Waals surface area contributed by atoms with E-state index in [0.29, 0.717) is 5.92 Å². The molecule has 0 atom stereocenters. The molecule has 0 heterocycles. The van der Waals surface area contributed by atoms with E-state index in [4.69, 9.17) is 0 Å². The van der Waals surface area contributed by atoms with Crippen molar-refractivity contribution in [1.29, 1.82) is 0 Å². The molecule has 0 saturated carbocycles. The van der Waals surface area contributed by atoms with Gasteiger partial charge in [-0.1, -0.05) is 38.1 Å². The van der Waals surface area contributed by atoms with Crippen molar-refractivity contribution in [2.24, 2.45) is 0 Å². The van der Waals surface area contributed by atoms with E-state index in [9.17, 15) is 0 Å². The number of benzene rings is 2. The molecule has 0 aromatic heterocycles. The van der Waals surface area contributed by atoms with Gasteiger partial charge in [-0.3, -0.25) is 0 Å². The van der Waals surface area contributed by atoms with Gasteiger partial charge in [-0.05, 0) is 73.5 Å². The molecule has 1 nitrogen and oxygen atoms in total. The molecular formula is C17H19Br2N. The zero-order valence-corrected chi connectivity index (χ0v) is 15.2. The SMILES string of the molecule is Cc1cc(Br)c(NCc2ccc(C(C)C)cc2)c(Br)c1. The van der Waals surface area contributed by atoms with Crippen molar-refractivity contribution >= 4 is 37.5 Å². The van der Waals surface area contributed by atoms with Crippen LogP contribution in [0.1, 0.15) is 36.5 Å². The number of aryl methyl sites for hydroxylation is 1. The van der Waals surface area contributed by atoms with Crippen LogP contribution >= 0.6 is 31.9 Å². The largest absolute Gasteiger partial charge is 0.379 e. The Kier molecular flexibility index (Phi) is 5.28. The smallest absolute Gasteiger partial charge is 0.0631 e. The van der Waals surface area contributed by atoms with E-state index in [1.807, 2.05) is 0 Å². The molecule has 0 aliphatic heterocycles. The van der Waals surface area contributed by atoms with Crippen molar-refractivity contribution in [2.75, 3.05) is 5.32 Å². The molecule has 1 N–H and O–H groups in total. The molecule has 0 fully saturated rings. The maximum Gasteiger partial charge on any atom is 0.0631 e. The van der Waals surface area contributed by atoms with Gasteiger partial charge < -0.3 is 5.32 Å². The highest BCUT2D eigenvalue weighted by Crippen LogP contribution is 2.32. The lowest BCUT2D eigenvalue weighted by Gasteiger charge is -2.13. The van der Waals surface area contributed by atoms with Gasteiger partial charge in [0.15, 0.2) is 0 Å². The van der Waals surface area contributed by atoms with Crippen LogP contribution in [0.3, 0.4) is 0 Å². The summed E-state index contributed by atoms with van der Waals surface area (Å²) in [7, 11) is 0. The summed E-state index contributed by atoms with van der Waals surface area (Å²) in [6.45, 7) is 7.34. The number of anilines is 1. The summed E-state index contributed by atoms with van der Waals surface area (Å²) in [5.41, 5.74) is 5.00. The minimum Gasteiger partial charge on any atom is -0.379 e. The lowest BCUT2D eigenvalue weighted by molar-refractivity contribution is 0.865. The Morgan fingerprint density at radius 2 is 1.55 bits per heavy atom. The summed E-state index contributed by atoms with van der Waals surface area (Å²) in [6, 6.07) is 13.0. The van der Waals surface area contributed by atoms with E-state index in [1.54, 1.807) is 0 Å². The molecule has 0 aliphatic rings. The second-order valence-corrected chi connectivity index (χ2v) is 7.06. The summed E-state index contributed by atoms with van der Waals surface area (Å²) in [5, 5.41) is 3.48. The predicted molar refractivity (Wildman–Crippen MR) is 94.4 cm³/mol. The van der Waals surface area contributed by atoms with Gasteiger partial charge in [-0.2, -0.15) is 0 Å². The van der Waals surface area contributed by atoms with Gasteiger partial charge in [0.05, 0.1) is 5.69 Å². The van der Waals surface area contributed by atoms with Crippen LogP contribution in [0.5, 0.6) is 0 Å². The van der Waals surface area contributed by atoms with Crippen LogP contribution < -0.4 is 5.32 Å². The van der Waals surface area contributed by atoms with E-state index in [2.05, 4.69) is 94.3 Å². The molecule has 0 spiro atoms. The maximum absolute atomic E-state index is 3.61. The van der Waals surface area contributed by atoms with Gasteiger partial charge in [0.2, 0.25) is 0 Å². The maximum atomic E-state index is 3.61. The second-order valence-electron chi connectivity index (χ2n) is 5.35. The van der Waals surface area contributed by atoms with Crippen molar-refractivity contribution in [3.63, 3.8) is 0 Å². The Balaban J connectivity index is 2.09. The lowest BCUT2D eigenvalue weighted by Crippen LogP contribution is -2.01. The fourth-order valence-corrected chi connectivity index (χ4v) is 3.78. The molecular weight excluding hydrogens is 378 g/mol. The first-order valence-corrected chi connectivity index (χ1v) is 8.34. The van der Waals surface area contributed by atoms with Gasteiger partial charge in [0, 0.05) is 15.5 Å². The molecule has 2 aromatic carbocycles. The third kappa shape index (κ3) is 3.86. The molecule has 2 rings (SSSR count). The van der Waals surface area contributed by atoms with Crippen LogP contribution in [0.25, 0.3) is 0 Å². The minimum atomic E-state index is 0.581. The number of hydrogen-bond acceptors (Lipinski definition) is 1. The van der Waals surface area contributed by atoms with Crippen LogP contribution in [0.4, 0.5) is 5.69 Å². The first kappa shape index (κ1) is 15.6. The Morgan fingerprint density at radius 1 is 1.00 bits per heavy atom. The van der Waals surface area contributed by atoms with Crippen LogP contribution in [-0.4, -0.2) is 0 Å². The second kappa shape index (κ2) is 6.77. The molecule has 2 aromatic rings. The Bertz CT molecular complexity index is 565. The molecule has 0 unspecified atom stereocenters. The van der Waals surface area contributed by atoms with E-state index in [0.717, 1.165) is 21.2 Å². The summed E-state index contributed by atoms with van der Waals surface area (Å²) in [6.07, 6.45) is 0. The fourth-order valence-electron chi connectivity index (χ4n) is 2.08. The summed E-state index contributed by atoms with van der Waals surface area (Å²) >= 11 is 7.22. The molecule has 3 heteroatoms. The topological polar surface area (TPSA) is 12.0 Å². The van der Waals surface area contributed by atoms with E-state index >= 15 is 0 Å². The van der Waals surface area contributed by atoms with Crippen LogP contribution in [-0.2, 0) is 6.54 Å². The van der Waals surface area contributed by atoms with Crippen molar-refractivity contribution < 1.29 is 0 Å². The number of hydrogen-bond donors (Lipinski definition) is 1. The summed E-state index contributed by atoms with van der Waals surface area (Å²) in [4.78, 5) is 0. The molecule has 0 amide bonds. The van der Waals surface area contributed by atoms with Gasteiger partial charge in [0.1, 0.15) is 0 Å². The molecule has 0 bridgehead atoms. The number of rotatable bonds is 4. The quantitative estimate of drug-likeness (QED) is 0.643. The van der Waals surface area contributed by atoms with Gasteiger partial charge >= 0.3 is 0 Å². The third-order valence-corrected chi connectivity index (χ3v) is 4.55. The fraction of sp³-hybridized carbons (Fsp3) is 0.294. The van der Waals surface area contributed by atoms with Gasteiger partial charge in [-0.25, -0.2) is 0 Å². The summed E-state index contributed by atoms with van der Waals surface area (Å²) < 4.78 is 2.17. The molecule has 0 radical (unpaired) electrons. The van der Waals surface area contributed by atoms with Crippen molar-refractivity contribution in [3.8, 4) is 0 Å². The number of nitrogens with one attached hydrogen (secondary N) is 1. The zero-order chi connectivity index (χ0) is 14.7. The number of halogens is 2. The van der Waals surface area contributed by atoms with Crippen LogP contribution in [0.2, 0.25) is 0 Å². The first-order valence-electron chi connectivity index (χ1n) is 6.75. The highest BCUT2D eigenvalue weighted by atomic mass is 79.9. The van der Waals surface area contributed by atoms with E-state index < -0.39 is 0 Å². The predicted octanol–water partition coefficient (Wildman–Crippen LogP) is 6.26. The van der Waals surface area contributed by atoms with Gasteiger partial charge in [-0.15, -0.1) is 0 Å². The zero-order valence-electron chi connectivity index (χ0n) is 12.0. The van der Waals surface area contributed by atoms with Gasteiger partial charge in [0.25, 0.3) is 0 Å². The van der Waals surface area contributed by atoms with E-state index in [1.165, 1.54) is 16.7 Å². The Labute approximate surface area is 138 Å². The average Bonchev–Trinajstić information content (AvgIpc) is 2.38. The molecule has 106 valence electrons. The third-order valence-electron chi connectivity index (χ3n) is 3.30. The normalized spacial score (nSPS) is 10.9. The highest BCUT2D eigenvalue weighted by Gasteiger charge is 2.06. The first-order chi connectivity index (χ1) is 9.47. The van der Waals surface area contributed by atoms with Crippen molar-refractivity contribution in [2.45, 2.75) is 33.2 Å². The summed E-state index contributed by atoms with van der Waals surface area (Å²) in [5.74, 6) is 0.581.